The van der Waals surface area contributed by atoms with Gasteiger partial charge < -0.3 is 14.9 Å². The van der Waals surface area contributed by atoms with E-state index in [9.17, 15) is 0 Å². The van der Waals surface area contributed by atoms with E-state index >= 15 is 0 Å². The van der Waals surface area contributed by atoms with Gasteiger partial charge in [-0.05, 0) is 17.0 Å². The predicted octanol–water partition coefficient (Wildman–Crippen LogP) is 11.5. The van der Waals surface area contributed by atoms with Gasteiger partial charge in [0, 0.05) is 0 Å². The molecule has 0 aromatic heterocycles. The van der Waals surface area contributed by atoms with Gasteiger partial charge in [0.15, 0.2) is 0 Å². The van der Waals surface area contributed by atoms with Gasteiger partial charge in [-0.2, -0.15) is 12.1 Å². The van der Waals surface area contributed by atoms with Gasteiger partial charge in [0.2, 0.25) is 0 Å². The second kappa shape index (κ2) is 16.0. The molecule has 0 bridgehead atoms. The van der Waals surface area contributed by atoms with Crippen LogP contribution >= 0.6 is 0 Å². The van der Waals surface area contributed by atoms with Crippen molar-refractivity contribution in [1.82, 2.24) is 0 Å². The Hall–Kier alpha value is -2.80. The fourth-order valence-electron chi connectivity index (χ4n) is 5.30. The van der Waals surface area contributed by atoms with Gasteiger partial charge in [0.05, 0.1) is 0 Å². The second-order valence-corrected chi connectivity index (χ2v) is 10.7. The van der Waals surface area contributed by atoms with E-state index in [0.717, 1.165) is 0 Å². The normalized spacial score (nSPS) is 10.3. The number of hydrogen-bond donors (Lipinski definition) is 0. The fraction of sp³-hybridized carbons (Fsp3) is 0.179. The van der Waals surface area contributed by atoms with Crippen molar-refractivity contribution in [2.45, 2.75) is 46.5 Å². The van der Waals surface area contributed by atoms with E-state index in [4.69, 9.17) is 0 Å². The zero-order valence-corrected chi connectivity index (χ0v) is 29.1. The molecule has 6 rings (SSSR count). The summed E-state index contributed by atoms with van der Waals surface area (Å²) in [7, 11) is 0. The summed E-state index contributed by atoms with van der Waals surface area (Å²) >= 11 is 1.36. The molecule has 0 atom stereocenters. The van der Waals surface area contributed by atoms with Crippen molar-refractivity contribution in [2.24, 2.45) is 0 Å². The summed E-state index contributed by atoms with van der Waals surface area (Å²) in [5, 5.41) is 5.51. The molecule has 0 saturated carbocycles. The van der Waals surface area contributed by atoms with Crippen molar-refractivity contribution in [3.63, 3.8) is 0 Å². The minimum absolute atomic E-state index is 0. The molecule has 0 amide bonds. The van der Waals surface area contributed by atoms with E-state index < -0.39 is 0 Å². The Morgan fingerprint density at radius 1 is 0.585 bits per heavy atom. The minimum atomic E-state index is 0. The Kier molecular flexibility index (Phi) is 13.4. The molecule has 0 saturated heterocycles. The summed E-state index contributed by atoms with van der Waals surface area (Å²) in [6, 6.07) is 41.7. The molecule has 0 aliphatic carbocycles. The average molecular weight is 630 g/mol. The molecule has 0 nitrogen and oxygen atoms in total. The molecule has 0 N–H and O–H groups in total. The third-order valence-corrected chi connectivity index (χ3v) is 7.30. The molecular weight excluding hydrogens is 588 g/mol. The van der Waals surface area contributed by atoms with Crippen LogP contribution in [0.2, 0.25) is 0 Å². The van der Waals surface area contributed by atoms with E-state index in [-0.39, 0.29) is 14.9 Å². The maximum absolute atomic E-state index is 3.06. The molecule has 41 heavy (non-hydrogen) atoms. The monoisotopic (exact) mass is 628 g/mol. The third kappa shape index (κ3) is 7.94. The molecule has 0 aliphatic heterocycles. The van der Waals surface area contributed by atoms with Crippen molar-refractivity contribution >= 4 is 28.4 Å². The molecule has 0 fully saturated rings. The molecule has 0 spiro atoms. The van der Waals surface area contributed by atoms with Gasteiger partial charge in [0.25, 0.3) is 0 Å². The van der Waals surface area contributed by atoms with Gasteiger partial charge in [-0.3, -0.25) is 0 Å². The van der Waals surface area contributed by atoms with Crippen LogP contribution in [-0.4, -0.2) is 6.88 Å². The summed E-state index contributed by atoms with van der Waals surface area (Å²) in [6.07, 6.45) is 0. The Morgan fingerprint density at radius 3 is 1.68 bits per heavy atom. The maximum atomic E-state index is 3.06. The van der Waals surface area contributed by atoms with E-state index in [1.807, 2.05) is 0 Å². The predicted molar refractivity (Wildman–Crippen MR) is 181 cm³/mol. The van der Waals surface area contributed by atoms with Crippen LogP contribution in [0.5, 0.6) is 0 Å². The van der Waals surface area contributed by atoms with Crippen molar-refractivity contribution in [3.8, 4) is 22.3 Å². The molecule has 6 aromatic carbocycles. The van der Waals surface area contributed by atoms with E-state index in [2.05, 4.69) is 157 Å². The number of hydrogen-bond acceptors (Lipinski definition) is 0. The van der Waals surface area contributed by atoms with E-state index in [1.54, 1.807) is 0 Å². The van der Waals surface area contributed by atoms with Crippen molar-refractivity contribution in [2.75, 3.05) is 0 Å². The number of fused-ring (bicyclic) bond motifs is 2. The first-order valence-corrected chi connectivity index (χ1v) is 17.9. The van der Waals surface area contributed by atoms with Gasteiger partial charge in [-0.25, -0.2) is 0 Å². The number of benzene rings is 4. The average Bonchev–Trinajstić information content (AvgIpc) is 3.58. The van der Waals surface area contributed by atoms with E-state index in [1.165, 1.54) is 83.8 Å². The van der Waals surface area contributed by atoms with Crippen molar-refractivity contribution in [1.29, 1.82) is 0 Å². The molecule has 210 valence electrons. The molecule has 0 unspecified atom stereocenters. The Bertz CT molecular complexity index is 1640. The zero-order chi connectivity index (χ0) is 27.9. The SMILES string of the molecule is CC(C)c1cc2c(-c3ccccc3)cccc2[cH-]1.Cc1cc2c(-c3ccccc3)ccc(C(C)C)c2[cH-]1.[CH3-].[CH3-].[Si]=[Zr]. The van der Waals surface area contributed by atoms with E-state index in [0.29, 0.717) is 11.8 Å². The van der Waals surface area contributed by atoms with Crippen LogP contribution in [0.25, 0.3) is 43.8 Å². The first-order chi connectivity index (χ1) is 18.9. The second-order valence-electron chi connectivity index (χ2n) is 10.7. The standard InChI is InChI=1S/C19H19.C18H17.2CH3.Si.Zr/c1-13(2)16-9-10-17(15-7-5-4-6-8-15)19-12-14(3)11-18(16)19;1-13(2)16-11-15-9-6-10-17(18(15)12-16)14-7-4-3-5-8-14;;;;/h4-13H,1-3H3;3-13H,1-2H3;2*1H3;;/q4*-1;;. The molecule has 0 heterocycles. The molecule has 2 radical (unpaired) electrons. The first kappa shape index (κ1) is 34.4. The Balaban J connectivity index is 0.000000259. The van der Waals surface area contributed by atoms with Gasteiger partial charge in [-0.15, -0.1) is 68.6 Å². The summed E-state index contributed by atoms with van der Waals surface area (Å²) < 4.78 is 0. The Labute approximate surface area is 265 Å². The topological polar surface area (TPSA) is 0 Å². The molecule has 6 aromatic rings. The number of rotatable bonds is 4. The first-order valence-electron chi connectivity index (χ1n) is 13.7. The van der Waals surface area contributed by atoms with Crippen LogP contribution < -0.4 is 0 Å². The van der Waals surface area contributed by atoms with Crippen LogP contribution in [-0.2, 0) is 23.3 Å². The fourth-order valence-corrected chi connectivity index (χ4v) is 5.30. The summed E-state index contributed by atoms with van der Waals surface area (Å²) in [6.45, 7) is 14.3. The van der Waals surface area contributed by atoms with Crippen LogP contribution in [0.3, 0.4) is 0 Å². The summed E-state index contributed by atoms with van der Waals surface area (Å²) in [5.74, 6) is 1.15. The van der Waals surface area contributed by atoms with Crippen LogP contribution in [0.4, 0.5) is 0 Å². The molecular formula is C39H42SiZr-4. The van der Waals surface area contributed by atoms with Crippen LogP contribution in [0, 0.1) is 21.8 Å². The summed E-state index contributed by atoms with van der Waals surface area (Å²) in [5.41, 5.74) is 9.49. The van der Waals surface area contributed by atoms with Crippen LogP contribution in [0.1, 0.15) is 56.2 Å². The van der Waals surface area contributed by atoms with Crippen molar-refractivity contribution < 1.29 is 23.3 Å². The Morgan fingerprint density at radius 2 is 1.15 bits per heavy atom. The molecule has 0 aliphatic rings. The van der Waals surface area contributed by atoms with Crippen LogP contribution in [0.15, 0.2) is 115 Å². The summed E-state index contributed by atoms with van der Waals surface area (Å²) in [4.78, 5) is 0. The van der Waals surface area contributed by atoms with Crippen molar-refractivity contribution in [3.05, 3.63) is 147 Å². The van der Waals surface area contributed by atoms with Gasteiger partial charge in [-0.1, -0.05) is 124 Å². The number of aryl methyl sites for hydroxylation is 1. The van der Waals surface area contributed by atoms with Gasteiger partial charge in [0.1, 0.15) is 0 Å². The third-order valence-electron chi connectivity index (χ3n) is 7.30. The van der Waals surface area contributed by atoms with Gasteiger partial charge >= 0.3 is 30.2 Å². The quantitative estimate of drug-likeness (QED) is 0.134. The zero-order valence-electron chi connectivity index (χ0n) is 25.6. The molecule has 2 heteroatoms.